The smallest absolute Gasteiger partial charge is 0.237 e. The second-order valence-electron chi connectivity index (χ2n) is 4.57. The summed E-state index contributed by atoms with van der Waals surface area (Å²) in [5.41, 5.74) is 1.30. The summed E-state index contributed by atoms with van der Waals surface area (Å²) >= 11 is 5.57. The Bertz CT molecular complexity index is 414. The molecule has 0 aliphatic carbocycles. The van der Waals surface area contributed by atoms with Gasteiger partial charge in [-0.3, -0.25) is 4.79 Å². The second kappa shape index (κ2) is 6.10. The van der Waals surface area contributed by atoms with Crippen LogP contribution in [0.15, 0.2) is 24.3 Å². The van der Waals surface area contributed by atoms with Crippen molar-refractivity contribution in [3.8, 4) is 5.75 Å². The molecule has 3 nitrogen and oxygen atoms in total. The number of carbonyl (C=O) groups is 1. The number of likely N-dealkylation sites (tertiary alicyclic amines) is 1. The summed E-state index contributed by atoms with van der Waals surface area (Å²) in [5, 5.41) is 0. The van der Waals surface area contributed by atoms with Crippen molar-refractivity contribution in [1.29, 1.82) is 0 Å². The van der Waals surface area contributed by atoms with E-state index in [0.29, 0.717) is 5.92 Å². The number of benzene rings is 1. The Hall–Kier alpha value is -1.22. The summed E-state index contributed by atoms with van der Waals surface area (Å²) in [7, 11) is 1.68. The zero-order chi connectivity index (χ0) is 13.0. The van der Waals surface area contributed by atoms with Gasteiger partial charge < -0.3 is 9.64 Å². The molecule has 0 unspecified atom stereocenters. The molecule has 1 fully saturated rings. The maximum atomic E-state index is 11.5. The molecule has 1 aromatic rings. The van der Waals surface area contributed by atoms with E-state index in [4.69, 9.17) is 16.3 Å². The molecule has 18 heavy (non-hydrogen) atoms. The summed E-state index contributed by atoms with van der Waals surface area (Å²) in [6.45, 7) is 1.60. The third-order valence-corrected chi connectivity index (χ3v) is 3.76. The van der Waals surface area contributed by atoms with Crippen LogP contribution in [0.1, 0.15) is 24.3 Å². The first-order chi connectivity index (χ1) is 8.74. The predicted molar refractivity (Wildman–Crippen MR) is 72.3 cm³/mol. The first-order valence-electron chi connectivity index (χ1n) is 6.22. The molecule has 1 saturated heterocycles. The molecule has 1 aliphatic rings. The molecule has 0 aromatic heterocycles. The number of hydrogen-bond acceptors (Lipinski definition) is 2. The van der Waals surface area contributed by atoms with Crippen LogP contribution in [0.25, 0.3) is 0 Å². The summed E-state index contributed by atoms with van der Waals surface area (Å²) in [5.74, 6) is 1.54. The minimum absolute atomic E-state index is 0.0424. The fourth-order valence-electron chi connectivity index (χ4n) is 2.44. The highest BCUT2D eigenvalue weighted by Gasteiger charge is 2.23. The van der Waals surface area contributed by atoms with Gasteiger partial charge >= 0.3 is 0 Å². The van der Waals surface area contributed by atoms with E-state index in [1.807, 2.05) is 17.0 Å². The van der Waals surface area contributed by atoms with Crippen molar-refractivity contribution < 1.29 is 9.53 Å². The van der Waals surface area contributed by atoms with E-state index in [9.17, 15) is 4.79 Å². The quantitative estimate of drug-likeness (QED) is 0.788. The average molecular weight is 268 g/mol. The molecule has 0 radical (unpaired) electrons. The molecular formula is C14H18ClNO2. The number of nitrogens with zero attached hydrogens (tertiary/aromatic N) is 1. The van der Waals surface area contributed by atoms with E-state index in [1.54, 1.807) is 7.11 Å². The first-order valence-corrected chi connectivity index (χ1v) is 6.75. The molecule has 0 saturated carbocycles. The van der Waals surface area contributed by atoms with Gasteiger partial charge in [0.1, 0.15) is 11.6 Å². The molecule has 0 bridgehead atoms. The van der Waals surface area contributed by atoms with Gasteiger partial charge in [-0.1, -0.05) is 12.1 Å². The highest BCUT2D eigenvalue weighted by atomic mass is 35.5. The van der Waals surface area contributed by atoms with Gasteiger partial charge in [-0.25, -0.2) is 0 Å². The van der Waals surface area contributed by atoms with Crippen LogP contribution in [0, 0.1) is 0 Å². The topological polar surface area (TPSA) is 29.5 Å². The lowest BCUT2D eigenvalue weighted by molar-refractivity contribution is -0.129. The van der Waals surface area contributed by atoms with Crippen LogP contribution in [0.2, 0.25) is 0 Å². The van der Waals surface area contributed by atoms with Gasteiger partial charge in [0.2, 0.25) is 5.91 Å². The van der Waals surface area contributed by atoms with Crippen molar-refractivity contribution in [2.24, 2.45) is 0 Å². The lowest BCUT2D eigenvalue weighted by Crippen LogP contribution is -2.38. The van der Waals surface area contributed by atoms with E-state index in [1.165, 1.54) is 5.56 Å². The van der Waals surface area contributed by atoms with Crippen LogP contribution in [-0.4, -0.2) is 36.9 Å². The van der Waals surface area contributed by atoms with Gasteiger partial charge in [-0.05, 0) is 36.5 Å². The Morgan fingerprint density at radius 2 is 2.17 bits per heavy atom. The number of piperidine rings is 1. The van der Waals surface area contributed by atoms with Crippen LogP contribution < -0.4 is 4.74 Å². The van der Waals surface area contributed by atoms with Crippen molar-refractivity contribution >= 4 is 17.5 Å². The fraction of sp³-hybridized carbons (Fsp3) is 0.500. The molecule has 1 heterocycles. The number of methoxy groups -OCH3 is 1. The maximum absolute atomic E-state index is 11.5. The Kier molecular flexibility index (Phi) is 4.48. The minimum Gasteiger partial charge on any atom is -0.497 e. The molecule has 1 aromatic carbocycles. The van der Waals surface area contributed by atoms with E-state index >= 15 is 0 Å². The summed E-state index contributed by atoms with van der Waals surface area (Å²) in [4.78, 5) is 13.3. The molecule has 1 amide bonds. The Labute approximate surface area is 113 Å². The number of ether oxygens (including phenoxy) is 1. The molecular weight excluding hydrogens is 250 g/mol. The van der Waals surface area contributed by atoms with E-state index in [0.717, 1.165) is 31.7 Å². The zero-order valence-corrected chi connectivity index (χ0v) is 11.3. The van der Waals surface area contributed by atoms with E-state index < -0.39 is 0 Å². The highest BCUT2D eigenvalue weighted by molar-refractivity contribution is 6.27. The normalized spacial score (nSPS) is 16.7. The third kappa shape index (κ3) is 2.96. The van der Waals surface area contributed by atoms with Gasteiger partial charge in [0.05, 0.1) is 7.11 Å². The Morgan fingerprint density at radius 1 is 1.44 bits per heavy atom. The van der Waals surface area contributed by atoms with E-state index in [2.05, 4.69) is 12.1 Å². The van der Waals surface area contributed by atoms with Crippen LogP contribution in [-0.2, 0) is 4.79 Å². The van der Waals surface area contributed by atoms with Crippen LogP contribution >= 0.6 is 11.6 Å². The SMILES string of the molecule is COc1cccc(C2CCN(C(=O)CCl)CC2)c1. The van der Waals surface area contributed by atoms with Crippen LogP contribution in [0.4, 0.5) is 0 Å². The third-order valence-electron chi connectivity index (χ3n) is 3.53. The number of carbonyl (C=O) groups excluding carboxylic acids is 1. The standard InChI is InChI=1S/C14H18ClNO2/c1-18-13-4-2-3-12(9-13)11-5-7-16(8-6-11)14(17)10-15/h2-4,9,11H,5-8,10H2,1H3. The number of amides is 1. The lowest BCUT2D eigenvalue weighted by Gasteiger charge is -2.32. The van der Waals surface area contributed by atoms with Crippen molar-refractivity contribution in [2.75, 3.05) is 26.1 Å². The molecule has 0 atom stereocenters. The summed E-state index contributed by atoms with van der Waals surface area (Å²) in [6.07, 6.45) is 1.99. The number of alkyl halides is 1. The molecule has 4 heteroatoms. The largest absolute Gasteiger partial charge is 0.497 e. The molecule has 98 valence electrons. The molecule has 0 spiro atoms. The van der Waals surface area contributed by atoms with Crippen LogP contribution in [0.3, 0.4) is 0 Å². The monoisotopic (exact) mass is 267 g/mol. The van der Waals surface area contributed by atoms with Gasteiger partial charge in [0, 0.05) is 13.1 Å². The predicted octanol–water partition coefficient (Wildman–Crippen LogP) is 2.64. The molecule has 1 aliphatic heterocycles. The first kappa shape index (κ1) is 13.2. The maximum Gasteiger partial charge on any atom is 0.237 e. The Balaban J connectivity index is 1.98. The number of rotatable bonds is 3. The Morgan fingerprint density at radius 3 is 2.78 bits per heavy atom. The minimum atomic E-state index is 0.0424. The van der Waals surface area contributed by atoms with Gasteiger partial charge in [0.25, 0.3) is 0 Å². The van der Waals surface area contributed by atoms with Crippen molar-refractivity contribution in [3.05, 3.63) is 29.8 Å². The zero-order valence-electron chi connectivity index (χ0n) is 10.6. The number of hydrogen-bond donors (Lipinski definition) is 0. The van der Waals surface area contributed by atoms with Gasteiger partial charge in [-0.2, -0.15) is 0 Å². The lowest BCUT2D eigenvalue weighted by atomic mass is 9.89. The number of halogens is 1. The van der Waals surface area contributed by atoms with Crippen molar-refractivity contribution in [3.63, 3.8) is 0 Å². The highest BCUT2D eigenvalue weighted by Crippen LogP contribution is 2.30. The van der Waals surface area contributed by atoms with Crippen molar-refractivity contribution in [2.45, 2.75) is 18.8 Å². The van der Waals surface area contributed by atoms with Crippen LogP contribution in [0.5, 0.6) is 5.75 Å². The van der Waals surface area contributed by atoms with E-state index in [-0.39, 0.29) is 11.8 Å². The molecule has 0 N–H and O–H groups in total. The summed E-state index contributed by atoms with van der Waals surface area (Å²) in [6, 6.07) is 8.19. The summed E-state index contributed by atoms with van der Waals surface area (Å²) < 4.78 is 5.24. The molecule has 2 rings (SSSR count). The van der Waals surface area contributed by atoms with Gasteiger partial charge in [0.15, 0.2) is 0 Å². The van der Waals surface area contributed by atoms with Crippen molar-refractivity contribution in [1.82, 2.24) is 4.90 Å². The van der Waals surface area contributed by atoms with Gasteiger partial charge in [-0.15, -0.1) is 11.6 Å². The fourth-order valence-corrected chi connectivity index (χ4v) is 2.61. The second-order valence-corrected chi connectivity index (χ2v) is 4.83. The average Bonchev–Trinajstić information content (AvgIpc) is 2.46.